The molecule has 1 nitrogen and oxygen atoms in total. The molecule has 1 aliphatic rings. The molecule has 1 heterocycles. The van der Waals surface area contributed by atoms with E-state index in [0.29, 0.717) is 12.2 Å². The van der Waals surface area contributed by atoms with Crippen molar-refractivity contribution in [2.45, 2.75) is 59.3 Å². The molecule has 0 aliphatic heterocycles. The van der Waals surface area contributed by atoms with Crippen LogP contribution in [0.15, 0.2) is 17.5 Å². The number of rotatable bonds is 2. The lowest BCUT2D eigenvalue weighted by molar-refractivity contribution is -0.125. The molecule has 0 spiro atoms. The molecule has 2 rings (SSSR count). The van der Waals surface area contributed by atoms with Crippen LogP contribution in [0.4, 0.5) is 0 Å². The fraction of sp³-hybridized carbons (Fsp3) is 0.667. The molecule has 0 saturated heterocycles. The summed E-state index contributed by atoms with van der Waals surface area (Å²) in [6.07, 6.45) is 8.08. The average molecular weight is 333 g/mol. The minimum Gasteiger partial charge on any atom is -0.299 e. The maximum absolute atomic E-state index is 11.5. The van der Waals surface area contributed by atoms with E-state index in [1.165, 1.54) is 32.1 Å². The average Bonchev–Trinajstić information content (AvgIpc) is 2.91. The van der Waals surface area contributed by atoms with Crippen LogP contribution in [-0.4, -0.2) is 5.78 Å². The van der Waals surface area contributed by atoms with Gasteiger partial charge in [-0.25, -0.2) is 0 Å². The molecule has 3 heteroatoms. The minimum atomic E-state index is -0.204. The van der Waals surface area contributed by atoms with Crippen molar-refractivity contribution in [3.05, 3.63) is 22.4 Å². The molecule has 0 N–H and O–H groups in total. The number of thiophene rings is 1. The van der Waals surface area contributed by atoms with Gasteiger partial charge >= 0.3 is 0 Å². The third-order valence-corrected chi connectivity index (χ3v) is 3.88. The second kappa shape index (κ2) is 8.87. The summed E-state index contributed by atoms with van der Waals surface area (Å²) in [6, 6.07) is 3.99. The van der Waals surface area contributed by atoms with Crippen molar-refractivity contribution in [1.29, 1.82) is 0 Å². The summed E-state index contributed by atoms with van der Waals surface area (Å²) in [7, 11) is 0. The van der Waals surface area contributed by atoms with Gasteiger partial charge in [-0.2, -0.15) is 0 Å². The van der Waals surface area contributed by atoms with Crippen molar-refractivity contribution in [3.8, 4) is 0 Å². The molecule has 1 saturated carbocycles. The first-order chi connectivity index (χ1) is 8.00. The number of ketones is 1. The van der Waals surface area contributed by atoms with Gasteiger partial charge in [0.15, 0.2) is 0 Å². The van der Waals surface area contributed by atoms with Crippen LogP contribution < -0.4 is 0 Å². The molecular weight excluding hydrogens is 308 g/mol. The Hall–Kier alpha value is -0.150. The SMILES string of the molecule is Br.C1CCCC1.CC(C)(C)C(=O)Cc1cccs1. The summed E-state index contributed by atoms with van der Waals surface area (Å²) in [6.45, 7) is 5.88. The fourth-order valence-electron chi connectivity index (χ4n) is 1.72. The quantitative estimate of drug-likeness (QED) is 0.705. The molecule has 0 amide bonds. The van der Waals surface area contributed by atoms with Crippen molar-refractivity contribution < 1.29 is 4.79 Å². The molecule has 0 unspecified atom stereocenters. The van der Waals surface area contributed by atoms with Crippen molar-refractivity contribution in [3.63, 3.8) is 0 Å². The van der Waals surface area contributed by atoms with Crippen molar-refractivity contribution in [1.82, 2.24) is 0 Å². The van der Waals surface area contributed by atoms with Crippen LogP contribution >= 0.6 is 28.3 Å². The molecule has 104 valence electrons. The molecule has 18 heavy (non-hydrogen) atoms. The fourth-order valence-corrected chi connectivity index (χ4v) is 2.42. The van der Waals surface area contributed by atoms with E-state index in [4.69, 9.17) is 0 Å². The Labute approximate surface area is 126 Å². The van der Waals surface area contributed by atoms with Crippen molar-refractivity contribution in [2.75, 3.05) is 0 Å². The summed E-state index contributed by atoms with van der Waals surface area (Å²) in [5.74, 6) is 0.310. The lowest BCUT2D eigenvalue weighted by atomic mass is 9.89. The van der Waals surface area contributed by atoms with Gasteiger partial charge in [-0.15, -0.1) is 28.3 Å². The maximum Gasteiger partial charge on any atom is 0.143 e. The summed E-state index contributed by atoms with van der Waals surface area (Å²) >= 11 is 1.65. The third kappa shape index (κ3) is 7.32. The van der Waals surface area contributed by atoms with E-state index in [0.717, 1.165) is 4.88 Å². The van der Waals surface area contributed by atoms with Crippen LogP contribution in [0.5, 0.6) is 0 Å². The Morgan fingerprint density at radius 1 is 1.17 bits per heavy atom. The van der Waals surface area contributed by atoms with Crippen LogP contribution in [0.3, 0.4) is 0 Å². The van der Waals surface area contributed by atoms with Crippen LogP contribution in [-0.2, 0) is 11.2 Å². The Morgan fingerprint density at radius 3 is 2.00 bits per heavy atom. The van der Waals surface area contributed by atoms with Crippen LogP contribution in [0, 0.1) is 5.41 Å². The number of halogens is 1. The molecule has 0 radical (unpaired) electrons. The van der Waals surface area contributed by atoms with Crippen molar-refractivity contribution >= 4 is 34.1 Å². The molecule has 1 aromatic rings. The third-order valence-electron chi connectivity index (χ3n) is 3.00. The zero-order valence-corrected chi connectivity index (χ0v) is 14.2. The zero-order valence-electron chi connectivity index (χ0n) is 11.7. The Balaban J connectivity index is 0.000000405. The van der Waals surface area contributed by atoms with Gasteiger partial charge in [0, 0.05) is 16.7 Å². The summed E-state index contributed by atoms with van der Waals surface area (Å²) in [5.41, 5.74) is -0.204. The largest absolute Gasteiger partial charge is 0.299 e. The monoisotopic (exact) mass is 332 g/mol. The van der Waals surface area contributed by atoms with Crippen molar-refractivity contribution in [2.24, 2.45) is 5.41 Å². The Kier molecular flexibility index (Phi) is 8.79. The normalized spacial score (nSPS) is 14.4. The van der Waals surface area contributed by atoms with Gasteiger partial charge < -0.3 is 0 Å². The molecule has 0 aromatic carbocycles. The van der Waals surface area contributed by atoms with E-state index in [1.54, 1.807) is 11.3 Å². The smallest absolute Gasteiger partial charge is 0.143 e. The second-order valence-electron chi connectivity index (χ2n) is 5.70. The highest BCUT2D eigenvalue weighted by atomic mass is 79.9. The molecule has 0 bridgehead atoms. The van der Waals surface area contributed by atoms with Gasteiger partial charge in [0.25, 0.3) is 0 Å². The molecule has 0 atom stereocenters. The number of hydrogen-bond donors (Lipinski definition) is 0. The second-order valence-corrected chi connectivity index (χ2v) is 6.73. The summed E-state index contributed by atoms with van der Waals surface area (Å²) in [5, 5.41) is 2.01. The van der Waals surface area contributed by atoms with Gasteiger partial charge in [-0.3, -0.25) is 4.79 Å². The van der Waals surface area contributed by atoms with Crippen LogP contribution in [0.1, 0.15) is 57.8 Å². The summed E-state index contributed by atoms with van der Waals surface area (Å²) < 4.78 is 0. The lowest BCUT2D eigenvalue weighted by Crippen LogP contribution is -2.21. The number of carbonyl (C=O) groups excluding carboxylic acids is 1. The topological polar surface area (TPSA) is 17.1 Å². The highest BCUT2D eigenvalue weighted by Crippen LogP contribution is 2.19. The minimum absolute atomic E-state index is 0. The van der Waals surface area contributed by atoms with Gasteiger partial charge in [-0.1, -0.05) is 58.9 Å². The van der Waals surface area contributed by atoms with E-state index in [1.807, 2.05) is 38.3 Å². The maximum atomic E-state index is 11.5. The van der Waals surface area contributed by atoms with E-state index in [2.05, 4.69) is 0 Å². The number of carbonyl (C=O) groups is 1. The van der Waals surface area contributed by atoms with Gasteiger partial charge in [0.05, 0.1) is 0 Å². The molecule has 1 aromatic heterocycles. The first kappa shape index (κ1) is 17.8. The highest BCUT2D eigenvalue weighted by molar-refractivity contribution is 8.93. The van der Waals surface area contributed by atoms with Gasteiger partial charge in [-0.05, 0) is 11.4 Å². The van der Waals surface area contributed by atoms with Crippen LogP contribution in [0.2, 0.25) is 0 Å². The van der Waals surface area contributed by atoms with Gasteiger partial charge in [0.2, 0.25) is 0 Å². The summed E-state index contributed by atoms with van der Waals surface area (Å²) in [4.78, 5) is 12.7. The first-order valence-electron chi connectivity index (χ1n) is 6.56. The van der Waals surface area contributed by atoms with E-state index in [-0.39, 0.29) is 22.4 Å². The zero-order chi connectivity index (χ0) is 12.7. The standard InChI is InChI=1S/C10H14OS.C5H10.BrH/c1-10(2,3)9(11)7-8-5-4-6-12-8;1-2-4-5-3-1;/h4-6H,7H2,1-3H3;1-5H2;1H. The molecular formula is C15H25BrOS. The van der Waals surface area contributed by atoms with E-state index < -0.39 is 0 Å². The lowest BCUT2D eigenvalue weighted by Gasteiger charge is -2.15. The Morgan fingerprint density at radius 2 is 1.67 bits per heavy atom. The predicted molar refractivity (Wildman–Crippen MR) is 85.9 cm³/mol. The van der Waals surface area contributed by atoms with E-state index in [9.17, 15) is 4.79 Å². The number of Topliss-reactive ketones (excluding diaryl/α,β-unsaturated/α-hetero) is 1. The highest BCUT2D eigenvalue weighted by Gasteiger charge is 2.21. The molecule has 1 aliphatic carbocycles. The Bertz CT molecular complexity index is 313. The number of hydrogen-bond acceptors (Lipinski definition) is 2. The van der Waals surface area contributed by atoms with Crippen LogP contribution in [0.25, 0.3) is 0 Å². The van der Waals surface area contributed by atoms with Gasteiger partial charge in [0.1, 0.15) is 5.78 Å². The predicted octanol–water partition coefficient (Wildman–Crippen LogP) is 5.43. The molecule has 1 fully saturated rings. The van der Waals surface area contributed by atoms with E-state index >= 15 is 0 Å². The first-order valence-corrected chi connectivity index (χ1v) is 7.44.